The Morgan fingerprint density at radius 1 is 1.31 bits per heavy atom. The summed E-state index contributed by atoms with van der Waals surface area (Å²) in [6.45, 7) is 7.10. The number of unbranched alkanes of at least 4 members (excludes halogenated alkanes) is 1. The fourth-order valence-corrected chi connectivity index (χ4v) is 2.02. The van der Waals surface area contributed by atoms with Crippen molar-refractivity contribution in [2.75, 3.05) is 6.61 Å². The zero-order valence-electron chi connectivity index (χ0n) is 10.4. The molecule has 90 valence electrons. The van der Waals surface area contributed by atoms with Gasteiger partial charge in [-0.3, -0.25) is 0 Å². The first-order valence-corrected chi connectivity index (χ1v) is 6.49. The van der Waals surface area contributed by atoms with E-state index in [0.717, 1.165) is 10.8 Å². The topological polar surface area (TPSA) is 9.23 Å². The summed E-state index contributed by atoms with van der Waals surface area (Å²) in [5, 5.41) is 0.725. The van der Waals surface area contributed by atoms with Crippen molar-refractivity contribution in [3.63, 3.8) is 0 Å². The summed E-state index contributed by atoms with van der Waals surface area (Å²) in [5.41, 5.74) is 1.31. The van der Waals surface area contributed by atoms with E-state index in [1.807, 2.05) is 19.1 Å². The van der Waals surface area contributed by atoms with E-state index < -0.39 is 0 Å². The van der Waals surface area contributed by atoms with Crippen molar-refractivity contribution >= 4 is 11.6 Å². The second-order valence-corrected chi connectivity index (χ2v) is 4.57. The second-order valence-electron chi connectivity index (χ2n) is 4.17. The van der Waals surface area contributed by atoms with E-state index in [9.17, 15) is 0 Å². The van der Waals surface area contributed by atoms with Crippen molar-refractivity contribution < 1.29 is 4.74 Å². The quantitative estimate of drug-likeness (QED) is 0.678. The van der Waals surface area contributed by atoms with Gasteiger partial charge in [-0.2, -0.15) is 0 Å². The predicted octanol–water partition coefficient (Wildman–Crippen LogP) is 5.03. The van der Waals surface area contributed by atoms with E-state index in [2.05, 4.69) is 19.9 Å². The van der Waals surface area contributed by atoms with Gasteiger partial charge in [-0.05, 0) is 37.0 Å². The molecule has 1 aromatic rings. The second kappa shape index (κ2) is 6.80. The molecule has 1 atom stereocenters. The molecule has 0 saturated carbocycles. The minimum Gasteiger partial charge on any atom is -0.492 e. The lowest BCUT2D eigenvalue weighted by Gasteiger charge is -2.13. The third kappa shape index (κ3) is 3.71. The largest absolute Gasteiger partial charge is 0.492 e. The molecule has 0 N–H and O–H groups in total. The Balaban J connectivity index is 2.71. The van der Waals surface area contributed by atoms with Crippen LogP contribution in [0.15, 0.2) is 18.2 Å². The summed E-state index contributed by atoms with van der Waals surface area (Å²) >= 11 is 6.16. The van der Waals surface area contributed by atoms with Gasteiger partial charge in [0.15, 0.2) is 0 Å². The maximum absolute atomic E-state index is 6.16. The van der Waals surface area contributed by atoms with Gasteiger partial charge >= 0.3 is 0 Å². The molecule has 2 heteroatoms. The highest BCUT2D eigenvalue weighted by atomic mass is 35.5. The standard InChI is InChI=1S/C14H21ClO/c1-4-6-7-11(3)12-8-9-14(16-5-2)13(15)10-12/h8-11H,4-7H2,1-3H3. The molecule has 0 saturated heterocycles. The molecule has 0 spiro atoms. The van der Waals surface area contributed by atoms with Gasteiger partial charge in [0.2, 0.25) is 0 Å². The molecule has 1 unspecified atom stereocenters. The molecule has 0 aliphatic carbocycles. The Labute approximate surface area is 104 Å². The first-order valence-electron chi connectivity index (χ1n) is 6.11. The zero-order chi connectivity index (χ0) is 12.0. The highest BCUT2D eigenvalue weighted by Crippen LogP contribution is 2.30. The summed E-state index contributed by atoms with van der Waals surface area (Å²) in [5.74, 6) is 1.36. The van der Waals surface area contributed by atoms with E-state index in [1.165, 1.54) is 24.8 Å². The lowest BCUT2D eigenvalue weighted by atomic mass is 9.95. The van der Waals surface area contributed by atoms with Crippen LogP contribution < -0.4 is 4.74 Å². The zero-order valence-corrected chi connectivity index (χ0v) is 11.2. The molecular formula is C14H21ClO. The van der Waals surface area contributed by atoms with Crippen LogP contribution in [0.3, 0.4) is 0 Å². The van der Waals surface area contributed by atoms with Crippen LogP contribution in [0.2, 0.25) is 5.02 Å². The van der Waals surface area contributed by atoms with Gasteiger partial charge in [0.1, 0.15) is 5.75 Å². The summed E-state index contributed by atoms with van der Waals surface area (Å²) in [6.07, 6.45) is 3.74. The SMILES string of the molecule is CCCCC(C)c1ccc(OCC)c(Cl)c1. The van der Waals surface area contributed by atoms with Crippen LogP contribution in [0.5, 0.6) is 5.75 Å². The van der Waals surface area contributed by atoms with Crippen molar-refractivity contribution in [1.29, 1.82) is 0 Å². The lowest BCUT2D eigenvalue weighted by Crippen LogP contribution is -1.96. The van der Waals surface area contributed by atoms with Gasteiger partial charge in [-0.25, -0.2) is 0 Å². The summed E-state index contributed by atoms with van der Waals surface area (Å²) in [6, 6.07) is 6.13. The predicted molar refractivity (Wildman–Crippen MR) is 70.6 cm³/mol. The lowest BCUT2D eigenvalue weighted by molar-refractivity contribution is 0.340. The third-order valence-electron chi connectivity index (χ3n) is 2.82. The number of halogens is 1. The highest BCUT2D eigenvalue weighted by molar-refractivity contribution is 6.32. The van der Waals surface area contributed by atoms with Crippen molar-refractivity contribution in [2.24, 2.45) is 0 Å². The molecule has 0 bridgehead atoms. The molecule has 0 radical (unpaired) electrons. The fourth-order valence-electron chi connectivity index (χ4n) is 1.77. The van der Waals surface area contributed by atoms with Crippen molar-refractivity contribution in [3.8, 4) is 5.75 Å². The molecule has 0 amide bonds. The Kier molecular flexibility index (Phi) is 5.68. The minimum atomic E-state index is 0.577. The molecule has 16 heavy (non-hydrogen) atoms. The van der Waals surface area contributed by atoms with E-state index >= 15 is 0 Å². The minimum absolute atomic E-state index is 0.577. The molecule has 1 aromatic carbocycles. The summed E-state index contributed by atoms with van der Waals surface area (Å²) < 4.78 is 5.42. The maximum atomic E-state index is 6.16. The Morgan fingerprint density at radius 3 is 2.62 bits per heavy atom. The monoisotopic (exact) mass is 240 g/mol. The van der Waals surface area contributed by atoms with Gasteiger partial charge in [0, 0.05) is 0 Å². The molecule has 1 rings (SSSR count). The fraction of sp³-hybridized carbons (Fsp3) is 0.571. The van der Waals surface area contributed by atoms with Gasteiger partial charge in [0.05, 0.1) is 11.6 Å². The normalized spacial score (nSPS) is 12.5. The molecule has 0 aliphatic rings. The van der Waals surface area contributed by atoms with Crippen molar-refractivity contribution in [3.05, 3.63) is 28.8 Å². The van der Waals surface area contributed by atoms with E-state index in [0.29, 0.717) is 12.5 Å². The maximum Gasteiger partial charge on any atom is 0.137 e. The van der Waals surface area contributed by atoms with Crippen LogP contribution in [-0.4, -0.2) is 6.61 Å². The number of rotatable bonds is 6. The molecule has 0 fully saturated rings. The van der Waals surface area contributed by atoms with Crippen molar-refractivity contribution in [1.82, 2.24) is 0 Å². The van der Waals surface area contributed by atoms with E-state index in [-0.39, 0.29) is 0 Å². The molecule has 0 heterocycles. The average Bonchev–Trinajstić information content (AvgIpc) is 2.29. The van der Waals surface area contributed by atoms with Gasteiger partial charge < -0.3 is 4.74 Å². The number of hydrogen-bond acceptors (Lipinski definition) is 1. The number of hydrogen-bond donors (Lipinski definition) is 0. The van der Waals surface area contributed by atoms with Crippen LogP contribution in [0.25, 0.3) is 0 Å². The Morgan fingerprint density at radius 2 is 2.06 bits per heavy atom. The van der Waals surface area contributed by atoms with Gasteiger partial charge in [0.25, 0.3) is 0 Å². The highest BCUT2D eigenvalue weighted by Gasteiger charge is 2.08. The molecule has 1 nitrogen and oxygen atoms in total. The van der Waals surface area contributed by atoms with Gasteiger partial charge in [-0.1, -0.05) is 44.4 Å². The van der Waals surface area contributed by atoms with Crippen LogP contribution in [0, 0.1) is 0 Å². The first kappa shape index (κ1) is 13.4. The van der Waals surface area contributed by atoms with Crippen LogP contribution in [-0.2, 0) is 0 Å². The molecule has 0 aromatic heterocycles. The molecular weight excluding hydrogens is 220 g/mol. The smallest absolute Gasteiger partial charge is 0.137 e. The third-order valence-corrected chi connectivity index (χ3v) is 3.11. The van der Waals surface area contributed by atoms with Crippen molar-refractivity contribution in [2.45, 2.75) is 46.0 Å². The Bertz CT molecular complexity index is 323. The van der Waals surface area contributed by atoms with Crippen LogP contribution in [0.4, 0.5) is 0 Å². The molecule has 0 aliphatic heterocycles. The van der Waals surface area contributed by atoms with E-state index in [4.69, 9.17) is 16.3 Å². The Hall–Kier alpha value is -0.690. The number of benzene rings is 1. The average molecular weight is 241 g/mol. The summed E-state index contributed by atoms with van der Waals surface area (Å²) in [7, 11) is 0. The number of ether oxygens (including phenoxy) is 1. The summed E-state index contributed by atoms with van der Waals surface area (Å²) in [4.78, 5) is 0. The van der Waals surface area contributed by atoms with E-state index in [1.54, 1.807) is 0 Å². The van der Waals surface area contributed by atoms with Crippen LogP contribution in [0.1, 0.15) is 51.5 Å². The van der Waals surface area contributed by atoms with Crippen LogP contribution >= 0.6 is 11.6 Å². The first-order chi connectivity index (χ1) is 7.69. The van der Waals surface area contributed by atoms with Gasteiger partial charge in [-0.15, -0.1) is 0 Å².